The molecule has 3 aromatic rings. The van der Waals surface area contributed by atoms with Gasteiger partial charge in [-0.2, -0.15) is 0 Å². The van der Waals surface area contributed by atoms with Crippen molar-refractivity contribution in [2.75, 3.05) is 0 Å². The fourth-order valence-corrected chi connectivity index (χ4v) is 2.21. The van der Waals surface area contributed by atoms with Gasteiger partial charge in [0.2, 0.25) is 0 Å². The molecule has 1 N–H and O–H groups in total. The lowest BCUT2D eigenvalue weighted by Crippen LogP contribution is -2.24. The van der Waals surface area contributed by atoms with E-state index in [2.05, 4.69) is 25.6 Å². The van der Waals surface area contributed by atoms with Crippen molar-refractivity contribution in [2.24, 2.45) is 0 Å². The third-order valence-electron chi connectivity index (χ3n) is 3.58. The number of rotatable bonds is 5. The van der Waals surface area contributed by atoms with Crippen LogP contribution in [0.3, 0.4) is 0 Å². The molecule has 2 heterocycles. The number of hydrogen-bond acceptors (Lipinski definition) is 5. The first-order chi connectivity index (χ1) is 12.0. The third-order valence-corrected chi connectivity index (χ3v) is 3.58. The van der Waals surface area contributed by atoms with Crippen LogP contribution in [0.25, 0.3) is 0 Å². The average molecular weight is 344 g/mol. The Kier molecular flexibility index (Phi) is 4.73. The Morgan fingerprint density at radius 3 is 2.84 bits per heavy atom. The first-order valence-corrected chi connectivity index (χ1v) is 7.41. The van der Waals surface area contributed by atoms with Crippen molar-refractivity contribution in [1.29, 1.82) is 0 Å². The van der Waals surface area contributed by atoms with Gasteiger partial charge in [0.25, 0.3) is 5.91 Å². The number of carbonyl (C=O) groups is 1. The second-order valence-corrected chi connectivity index (χ2v) is 5.30. The van der Waals surface area contributed by atoms with Gasteiger partial charge in [-0.15, -0.1) is 5.10 Å². The van der Waals surface area contributed by atoms with Crippen LogP contribution in [0.4, 0.5) is 8.78 Å². The van der Waals surface area contributed by atoms with Gasteiger partial charge in [-0.05, 0) is 13.0 Å². The molecule has 0 saturated carbocycles. The number of benzene rings is 1. The van der Waals surface area contributed by atoms with Crippen LogP contribution in [0, 0.1) is 18.6 Å². The van der Waals surface area contributed by atoms with E-state index in [9.17, 15) is 13.6 Å². The lowest BCUT2D eigenvalue weighted by molar-refractivity contribution is 0.0944. The summed E-state index contributed by atoms with van der Waals surface area (Å²) in [5.41, 5.74) is 1.46. The van der Waals surface area contributed by atoms with Crippen LogP contribution >= 0.6 is 0 Å². The molecule has 25 heavy (non-hydrogen) atoms. The average Bonchev–Trinajstić information content (AvgIpc) is 2.97. The van der Waals surface area contributed by atoms with Crippen LogP contribution in [0.15, 0.2) is 36.8 Å². The van der Waals surface area contributed by atoms with E-state index in [0.29, 0.717) is 11.4 Å². The highest BCUT2D eigenvalue weighted by atomic mass is 19.1. The summed E-state index contributed by atoms with van der Waals surface area (Å²) in [5, 5.41) is 10.4. The summed E-state index contributed by atoms with van der Waals surface area (Å²) >= 11 is 0. The number of aromatic nitrogens is 5. The first-order valence-electron chi connectivity index (χ1n) is 7.41. The fraction of sp³-hybridized carbons (Fsp3) is 0.188. The Labute approximate surface area is 141 Å². The van der Waals surface area contributed by atoms with Gasteiger partial charge in [0.15, 0.2) is 5.69 Å². The van der Waals surface area contributed by atoms with Gasteiger partial charge in [0.1, 0.15) is 11.6 Å². The standard InChI is InChI=1S/C16H14F2N6O/c1-10-15(16(25)21-8-13-7-19-4-5-20-13)22-23-24(10)9-11-2-3-12(17)6-14(11)18/h2-7H,8-9H2,1H3,(H,21,25). The van der Waals surface area contributed by atoms with Crippen molar-refractivity contribution in [1.82, 2.24) is 30.3 Å². The van der Waals surface area contributed by atoms with Gasteiger partial charge >= 0.3 is 0 Å². The largest absolute Gasteiger partial charge is 0.345 e. The van der Waals surface area contributed by atoms with Crippen molar-refractivity contribution in [3.63, 3.8) is 0 Å². The Bertz CT molecular complexity index is 897. The molecule has 1 amide bonds. The van der Waals surface area contributed by atoms with Crippen molar-refractivity contribution in [3.05, 3.63) is 71.1 Å². The molecule has 7 nitrogen and oxygen atoms in total. The van der Waals surface area contributed by atoms with Crippen LogP contribution in [-0.4, -0.2) is 30.9 Å². The zero-order valence-electron chi connectivity index (χ0n) is 13.3. The van der Waals surface area contributed by atoms with Crippen LogP contribution in [0.1, 0.15) is 27.4 Å². The number of halogens is 2. The number of amides is 1. The minimum absolute atomic E-state index is 0.0440. The predicted octanol–water partition coefficient (Wildman–Crippen LogP) is 1.63. The van der Waals surface area contributed by atoms with Gasteiger partial charge in [-0.25, -0.2) is 13.5 Å². The van der Waals surface area contributed by atoms with Gasteiger partial charge in [0, 0.05) is 24.0 Å². The molecule has 0 aliphatic rings. The van der Waals surface area contributed by atoms with Crippen molar-refractivity contribution in [2.45, 2.75) is 20.0 Å². The minimum atomic E-state index is -0.677. The number of nitrogens with zero attached hydrogens (tertiary/aromatic N) is 5. The van der Waals surface area contributed by atoms with Gasteiger partial charge in [0.05, 0.1) is 30.7 Å². The summed E-state index contributed by atoms with van der Waals surface area (Å²) in [7, 11) is 0. The molecule has 0 fully saturated rings. The minimum Gasteiger partial charge on any atom is -0.345 e. The fourth-order valence-electron chi connectivity index (χ4n) is 2.21. The SMILES string of the molecule is Cc1c(C(=O)NCc2cnccn2)nnn1Cc1ccc(F)cc1F. The Hall–Kier alpha value is -3.23. The van der Waals surface area contributed by atoms with E-state index < -0.39 is 17.5 Å². The molecule has 2 aromatic heterocycles. The topological polar surface area (TPSA) is 85.6 Å². The summed E-state index contributed by atoms with van der Waals surface area (Å²) < 4.78 is 28.1. The van der Waals surface area contributed by atoms with Gasteiger partial charge in [-0.3, -0.25) is 14.8 Å². The maximum Gasteiger partial charge on any atom is 0.274 e. The molecule has 3 rings (SSSR count). The Morgan fingerprint density at radius 1 is 1.28 bits per heavy atom. The summed E-state index contributed by atoms with van der Waals surface area (Å²) in [6.07, 6.45) is 4.61. The molecule has 0 saturated heterocycles. The third kappa shape index (κ3) is 3.82. The summed E-state index contributed by atoms with van der Waals surface area (Å²) in [5.74, 6) is -1.75. The molecular weight excluding hydrogens is 330 g/mol. The number of hydrogen-bond donors (Lipinski definition) is 1. The van der Waals surface area contributed by atoms with E-state index >= 15 is 0 Å². The second-order valence-electron chi connectivity index (χ2n) is 5.30. The van der Waals surface area contributed by atoms with Crippen molar-refractivity contribution in [3.8, 4) is 0 Å². The molecule has 0 spiro atoms. The molecule has 0 aliphatic heterocycles. The molecule has 9 heteroatoms. The van der Waals surface area contributed by atoms with Crippen LogP contribution in [0.5, 0.6) is 0 Å². The van der Waals surface area contributed by atoms with E-state index in [1.54, 1.807) is 13.1 Å². The van der Waals surface area contributed by atoms with Crippen molar-refractivity contribution < 1.29 is 13.6 Å². The smallest absolute Gasteiger partial charge is 0.274 e. The molecule has 0 bridgehead atoms. The van der Waals surface area contributed by atoms with Crippen LogP contribution < -0.4 is 5.32 Å². The highest BCUT2D eigenvalue weighted by molar-refractivity contribution is 5.93. The van der Waals surface area contributed by atoms with Gasteiger partial charge in [-0.1, -0.05) is 11.3 Å². The Morgan fingerprint density at radius 2 is 2.12 bits per heavy atom. The maximum atomic E-state index is 13.7. The molecule has 128 valence electrons. The summed E-state index contributed by atoms with van der Waals surface area (Å²) in [6, 6.07) is 3.30. The lowest BCUT2D eigenvalue weighted by Gasteiger charge is -2.06. The number of nitrogens with one attached hydrogen (secondary N) is 1. The molecule has 0 aliphatic carbocycles. The van der Waals surface area contributed by atoms with Crippen LogP contribution in [0.2, 0.25) is 0 Å². The van der Waals surface area contributed by atoms with Gasteiger partial charge < -0.3 is 5.32 Å². The lowest BCUT2D eigenvalue weighted by atomic mass is 10.2. The maximum absolute atomic E-state index is 13.7. The second kappa shape index (κ2) is 7.12. The molecule has 0 radical (unpaired) electrons. The van der Waals surface area contributed by atoms with Crippen LogP contribution in [-0.2, 0) is 13.1 Å². The first kappa shape index (κ1) is 16.6. The van der Waals surface area contributed by atoms with E-state index in [1.807, 2.05) is 0 Å². The highest BCUT2D eigenvalue weighted by Crippen LogP contribution is 2.13. The van der Waals surface area contributed by atoms with E-state index in [4.69, 9.17) is 0 Å². The highest BCUT2D eigenvalue weighted by Gasteiger charge is 2.17. The predicted molar refractivity (Wildman–Crippen MR) is 83.4 cm³/mol. The molecule has 0 atom stereocenters. The quantitative estimate of drug-likeness (QED) is 0.760. The summed E-state index contributed by atoms with van der Waals surface area (Å²) in [4.78, 5) is 20.2. The number of carbonyl (C=O) groups excluding carboxylic acids is 1. The van der Waals surface area contributed by atoms with Crippen molar-refractivity contribution >= 4 is 5.91 Å². The zero-order chi connectivity index (χ0) is 17.8. The van der Waals surface area contributed by atoms with E-state index in [-0.39, 0.29) is 24.3 Å². The molecular formula is C16H14F2N6O. The van der Waals surface area contributed by atoms with E-state index in [0.717, 1.165) is 6.07 Å². The molecule has 0 unspecified atom stereocenters. The zero-order valence-corrected chi connectivity index (χ0v) is 13.3. The monoisotopic (exact) mass is 344 g/mol. The van der Waals surface area contributed by atoms with E-state index in [1.165, 1.54) is 29.2 Å². The molecule has 1 aromatic carbocycles. The normalized spacial score (nSPS) is 10.7. The Balaban J connectivity index is 1.71. The summed E-state index contributed by atoms with van der Waals surface area (Å²) in [6.45, 7) is 1.90.